The lowest BCUT2D eigenvalue weighted by Gasteiger charge is -2.27. The number of amides is 1. The first kappa shape index (κ1) is 17.4. The SMILES string of the molecule is CC(C)CCNC(=O)CNCC(C)(O)CN(C)C. The van der Waals surface area contributed by atoms with Gasteiger partial charge < -0.3 is 20.6 Å². The molecule has 5 nitrogen and oxygen atoms in total. The first-order valence-electron chi connectivity index (χ1n) is 6.57. The van der Waals surface area contributed by atoms with Crippen LogP contribution in [0.1, 0.15) is 27.2 Å². The van der Waals surface area contributed by atoms with E-state index in [1.165, 1.54) is 0 Å². The molecule has 0 aromatic rings. The van der Waals surface area contributed by atoms with Gasteiger partial charge in [-0.05, 0) is 33.4 Å². The zero-order chi connectivity index (χ0) is 14.2. The van der Waals surface area contributed by atoms with Gasteiger partial charge in [-0.1, -0.05) is 13.8 Å². The Morgan fingerprint density at radius 1 is 1.39 bits per heavy atom. The molecule has 0 heterocycles. The maximum atomic E-state index is 11.5. The number of hydrogen-bond donors (Lipinski definition) is 3. The molecule has 0 aromatic carbocycles. The zero-order valence-corrected chi connectivity index (χ0v) is 12.4. The minimum Gasteiger partial charge on any atom is -0.388 e. The van der Waals surface area contributed by atoms with Gasteiger partial charge in [0.05, 0.1) is 12.1 Å². The van der Waals surface area contributed by atoms with Crippen molar-refractivity contribution in [1.29, 1.82) is 0 Å². The Kier molecular flexibility index (Phi) is 8.15. The van der Waals surface area contributed by atoms with Gasteiger partial charge in [0.25, 0.3) is 0 Å². The van der Waals surface area contributed by atoms with Gasteiger partial charge in [0, 0.05) is 19.6 Å². The molecule has 0 fully saturated rings. The number of carbonyl (C=O) groups excluding carboxylic acids is 1. The highest BCUT2D eigenvalue weighted by atomic mass is 16.3. The quantitative estimate of drug-likeness (QED) is 0.547. The summed E-state index contributed by atoms with van der Waals surface area (Å²) in [4.78, 5) is 13.4. The average molecular weight is 259 g/mol. The van der Waals surface area contributed by atoms with Crippen molar-refractivity contribution in [3.63, 3.8) is 0 Å². The molecule has 0 aliphatic carbocycles. The number of rotatable bonds is 9. The van der Waals surface area contributed by atoms with E-state index in [1.54, 1.807) is 6.92 Å². The largest absolute Gasteiger partial charge is 0.388 e. The van der Waals surface area contributed by atoms with Crippen molar-refractivity contribution in [2.45, 2.75) is 32.8 Å². The Hall–Kier alpha value is -0.650. The molecule has 0 radical (unpaired) electrons. The van der Waals surface area contributed by atoms with Crippen LogP contribution in [0.5, 0.6) is 0 Å². The van der Waals surface area contributed by atoms with Crippen molar-refractivity contribution in [1.82, 2.24) is 15.5 Å². The predicted molar refractivity (Wildman–Crippen MR) is 74.5 cm³/mol. The smallest absolute Gasteiger partial charge is 0.233 e. The van der Waals surface area contributed by atoms with Crippen molar-refractivity contribution in [3.05, 3.63) is 0 Å². The van der Waals surface area contributed by atoms with Crippen molar-refractivity contribution in [2.24, 2.45) is 5.92 Å². The second kappa shape index (κ2) is 8.45. The van der Waals surface area contributed by atoms with E-state index in [4.69, 9.17) is 0 Å². The minimum atomic E-state index is -0.818. The molecule has 0 spiro atoms. The maximum absolute atomic E-state index is 11.5. The number of nitrogens with zero attached hydrogens (tertiary/aromatic N) is 1. The molecule has 0 rings (SSSR count). The van der Waals surface area contributed by atoms with Gasteiger partial charge in [0.15, 0.2) is 0 Å². The lowest BCUT2D eigenvalue weighted by molar-refractivity contribution is -0.120. The molecule has 1 amide bonds. The van der Waals surface area contributed by atoms with Crippen molar-refractivity contribution in [3.8, 4) is 0 Å². The molecule has 5 heteroatoms. The van der Waals surface area contributed by atoms with Gasteiger partial charge in [-0.15, -0.1) is 0 Å². The van der Waals surface area contributed by atoms with Crippen LogP contribution in [-0.2, 0) is 4.79 Å². The van der Waals surface area contributed by atoms with Crippen LogP contribution in [0, 0.1) is 5.92 Å². The van der Waals surface area contributed by atoms with Gasteiger partial charge >= 0.3 is 0 Å². The third-order valence-electron chi connectivity index (χ3n) is 2.49. The lowest BCUT2D eigenvalue weighted by atomic mass is 10.1. The molecule has 3 N–H and O–H groups in total. The number of nitrogens with one attached hydrogen (secondary N) is 2. The fourth-order valence-corrected chi connectivity index (χ4v) is 1.75. The van der Waals surface area contributed by atoms with Crippen LogP contribution in [-0.4, -0.2) is 61.8 Å². The average Bonchev–Trinajstić information content (AvgIpc) is 2.14. The summed E-state index contributed by atoms with van der Waals surface area (Å²) in [5.41, 5.74) is -0.818. The summed E-state index contributed by atoms with van der Waals surface area (Å²) in [5.74, 6) is 0.579. The summed E-state index contributed by atoms with van der Waals surface area (Å²) >= 11 is 0. The molecule has 18 heavy (non-hydrogen) atoms. The van der Waals surface area contributed by atoms with E-state index >= 15 is 0 Å². The van der Waals surface area contributed by atoms with Gasteiger partial charge in [0.1, 0.15) is 0 Å². The van der Waals surface area contributed by atoms with Crippen molar-refractivity contribution >= 4 is 5.91 Å². The molecule has 1 atom stereocenters. The molecule has 0 aliphatic rings. The second-order valence-corrected chi connectivity index (χ2v) is 5.87. The van der Waals surface area contributed by atoms with Crippen molar-refractivity contribution < 1.29 is 9.90 Å². The fraction of sp³-hybridized carbons (Fsp3) is 0.923. The molecular weight excluding hydrogens is 230 g/mol. The van der Waals surface area contributed by atoms with E-state index in [2.05, 4.69) is 24.5 Å². The van der Waals surface area contributed by atoms with Crippen LogP contribution in [0.2, 0.25) is 0 Å². The van der Waals surface area contributed by atoms with Crippen molar-refractivity contribution in [2.75, 3.05) is 40.3 Å². The zero-order valence-electron chi connectivity index (χ0n) is 12.4. The topological polar surface area (TPSA) is 64.6 Å². The van der Waals surface area contributed by atoms with Crippen LogP contribution in [0.3, 0.4) is 0 Å². The first-order valence-corrected chi connectivity index (χ1v) is 6.57. The number of aliphatic hydroxyl groups is 1. The number of likely N-dealkylation sites (N-methyl/N-ethyl adjacent to an activating group) is 1. The van der Waals surface area contributed by atoms with E-state index in [1.807, 2.05) is 19.0 Å². The highest BCUT2D eigenvalue weighted by molar-refractivity contribution is 5.77. The molecule has 108 valence electrons. The summed E-state index contributed by atoms with van der Waals surface area (Å²) in [5, 5.41) is 15.8. The van der Waals surface area contributed by atoms with Gasteiger partial charge in [-0.2, -0.15) is 0 Å². The van der Waals surface area contributed by atoms with Crippen LogP contribution in [0.4, 0.5) is 0 Å². The molecule has 0 saturated heterocycles. The first-order chi connectivity index (χ1) is 8.23. The van der Waals surface area contributed by atoms with E-state index in [0.29, 0.717) is 25.6 Å². The van der Waals surface area contributed by atoms with Gasteiger partial charge in [0.2, 0.25) is 5.91 Å². The number of hydrogen-bond acceptors (Lipinski definition) is 4. The molecular formula is C13H29N3O2. The van der Waals surface area contributed by atoms with E-state index in [9.17, 15) is 9.90 Å². The standard InChI is InChI=1S/C13H29N3O2/c1-11(2)6-7-15-12(17)8-14-9-13(3,18)10-16(4)5/h11,14,18H,6-10H2,1-5H3,(H,15,17). The molecule has 0 bridgehead atoms. The Morgan fingerprint density at radius 3 is 2.50 bits per heavy atom. The highest BCUT2D eigenvalue weighted by Gasteiger charge is 2.20. The maximum Gasteiger partial charge on any atom is 0.233 e. The van der Waals surface area contributed by atoms with Crippen LogP contribution in [0.15, 0.2) is 0 Å². The summed E-state index contributed by atoms with van der Waals surface area (Å²) in [6, 6.07) is 0. The summed E-state index contributed by atoms with van der Waals surface area (Å²) < 4.78 is 0. The normalized spacial score (nSPS) is 14.9. The fourth-order valence-electron chi connectivity index (χ4n) is 1.75. The Bertz CT molecular complexity index is 240. The predicted octanol–water partition coefficient (Wildman–Crippen LogP) is 0.0509. The van der Waals surface area contributed by atoms with E-state index < -0.39 is 5.60 Å². The third kappa shape index (κ3) is 10.5. The second-order valence-electron chi connectivity index (χ2n) is 5.87. The van der Waals surface area contributed by atoms with Crippen LogP contribution >= 0.6 is 0 Å². The van der Waals surface area contributed by atoms with Gasteiger partial charge in [-0.25, -0.2) is 0 Å². The molecule has 0 aromatic heterocycles. The summed E-state index contributed by atoms with van der Waals surface area (Å²) in [7, 11) is 3.82. The minimum absolute atomic E-state index is 0.0173. The molecule has 0 saturated carbocycles. The Morgan fingerprint density at radius 2 is 2.00 bits per heavy atom. The summed E-state index contributed by atoms with van der Waals surface area (Å²) in [6.45, 7) is 7.95. The molecule has 0 aliphatic heterocycles. The summed E-state index contributed by atoms with van der Waals surface area (Å²) in [6.07, 6.45) is 0.990. The van der Waals surface area contributed by atoms with E-state index in [0.717, 1.165) is 6.42 Å². The monoisotopic (exact) mass is 259 g/mol. The Labute approximate surface area is 111 Å². The number of carbonyl (C=O) groups is 1. The highest BCUT2D eigenvalue weighted by Crippen LogP contribution is 2.02. The van der Waals surface area contributed by atoms with E-state index in [-0.39, 0.29) is 12.5 Å². The molecule has 1 unspecified atom stereocenters. The lowest BCUT2D eigenvalue weighted by Crippen LogP contribution is -2.47. The third-order valence-corrected chi connectivity index (χ3v) is 2.49. The van der Waals surface area contributed by atoms with Gasteiger partial charge in [-0.3, -0.25) is 4.79 Å². The van der Waals surface area contributed by atoms with Crippen LogP contribution in [0.25, 0.3) is 0 Å². The Balaban J connectivity index is 3.67. The van der Waals surface area contributed by atoms with Crippen LogP contribution < -0.4 is 10.6 Å².